The van der Waals surface area contributed by atoms with E-state index in [-0.39, 0.29) is 12.2 Å². The average Bonchev–Trinajstić information content (AvgIpc) is 2.34. The molecule has 1 nitrogen and oxygen atoms in total. The molecule has 0 spiro atoms. The predicted octanol–water partition coefficient (Wildman–Crippen LogP) is 4.24. The quantitative estimate of drug-likeness (QED) is 0.890. The van der Waals surface area contributed by atoms with Crippen LogP contribution in [0.15, 0.2) is 42.5 Å². The fraction of sp³-hybridized carbons (Fsp3) is 0.250. The molecule has 3 heteroatoms. The summed E-state index contributed by atoms with van der Waals surface area (Å²) in [4.78, 5) is 0. The molecule has 0 aliphatic carbocycles. The van der Waals surface area contributed by atoms with Crippen LogP contribution in [-0.4, -0.2) is 5.11 Å². The SMILES string of the molecule is Cc1ccc(C(C)(O)Cc2cc(F)ccc2Cl)cc1. The molecule has 0 saturated carbocycles. The van der Waals surface area contributed by atoms with Gasteiger partial charge in [0.05, 0.1) is 5.60 Å². The minimum atomic E-state index is -1.08. The summed E-state index contributed by atoms with van der Waals surface area (Å²) < 4.78 is 13.2. The van der Waals surface area contributed by atoms with Crippen LogP contribution in [0.4, 0.5) is 4.39 Å². The van der Waals surface area contributed by atoms with Crippen molar-refractivity contribution in [3.63, 3.8) is 0 Å². The molecule has 1 atom stereocenters. The third-order valence-electron chi connectivity index (χ3n) is 3.22. The molecular formula is C16H16ClFO. The molecule has 19 heavy (non-hydrogen) atoms. The molecule has 1 unspecified atom stereocenters. The molecule has 0 radical (unpaired) electrons. The highest BCUT2D eigenvalue weighted by atomic mass is 35.5. The van der Waals surface area contributed by atoms with E-state index in [2.05, 4.69) is 0 Å². The molecule has 0 fully saturated rings. The second-order valence-corrected chi connectivity index (χ2v) is 5.46. The Morgan fingerprint density at radius 2 is 1.79 bits per heavy atom. The van der Waals surface area contributed by atoms with E-state index in [4.69, 9.17) is 11.6 Å². The van der Waals surface area contributed by atoms with Gasteiger partial charge in [-0.1, -0.05) is 41.4 Å². The Morgan fingerprint density at radius 3 is 2.42 bits per heavy atom. The van der Waals surface area contributed by atoms with E-state index in [1.165, 1.54) is 18.2 Å². The molecule has 0 aliphatic heterocycles. The largest absolute Gasteiger partial charge is 0.385 e. The van der Waals surface area contributed by atoms with Crippen molar-refractivity contribution in [3.05, 3.63) is 70.0 Å². The third-order valence-corrected chi connectivity index (χ3v) is 3.58. The van der Waals surface area contributed by atoms with E-state index in [0.29, 0.717) is 10.6 Å². The molecule has 100 valence electrons. The first-order valence-electron chi connectivity index (χ1n) is 6.12. The van der Waals surface area contributed by atoms with Crippen LogP contribution in [0.25, 0.3) is 0 Å². The fourth-order valence-corrected chi connectivity index (χ4v) is 2.25. The minimum Gasteiger partial charge on any atom is -0.385 e. The standard InChI is InChI=1S/C16H16ClFO/c1-11-3-5-13(6-4-11)16(2,19)10-12-9-14(18)7-8-15(12)17/h3-9,19H,10H2,1-2H3. The molecule has 0 aliphatic rings. The van der Waals surface area contributed by atoms with Crippen molar-refractivity contribution in [2.24, 2.45) is 0 Å². The zero-order valence-electron chi connectivity index (χ0n) is 11.0. The van der Waals surface area contributed by atoms with Crippen molar-refractivity contribution in [1.29, 1.82) is 0 Å². The number of hydrogen-bond acceptors (Lipinski definition) is 1. The first-order valence-corrected chi connectivity index (χ1v) is 6.50. The summed E-state index contributed by atoms with van der Waals surface area (Å²) in [5, 5.41) is 11.0. The molecule has 0 saturated heterocycles. The van der Waals surface area contributed by atoms with Crippen molar-refractivity contribution in [1.82, 2.24) is 0 Å². The van der Waals surface area contributed by atoms with Gasteiger partial charge < -0.3 is 5.11 Å². The fourth-order valence-electron chi connectivity index (χ4n) is 2.06. The molecular weight excluding hydrogens is 263 g/mol. The van der Waals surface area contributed by atoms with E-state index in [0.717, 1.165) is 11.1 Å². The number of benzene rings is 2. The van der Waals surface area contributed by atoms with Gasteiger partial charge >= 0.3 is 0 Å². The summed E-state index contributed by atoms with van der Waals surface area (Å²) in [5.41, 5.74) is 1.44. The molecule has 1 N–H and O–H groups in total. The smallest absolute Gasteiger partial charge is 0.123 e. The topological polar surface area (TPSA) is 20.2 Å². The zero-order valence-corrected chi connectivity index (χ0v) is 11.7. The van der Waals surface area contributed by atoms with Crippen molar-refractivity contribution >= 4 is 11.6 Å². The number of aryl methyl sites for hydroxylation is 1. The van der Waals surface area contributed by atoms with Gasteiger partial charge in [-0.3, -0.25) is 0 Å². The summed E-state index contributed by atoms with van der Waals surface area (Å²) in [6.07, 6.45) is 0.270. The summed E-state index contributed by atoms with van der Waals surface area (Å²) in [7, 11) is 0. The van der Waals surface area contributed by atoms with Crippen LogP contribution < -0.4 is 0 Å². The number of hydrogen-bond donors (Lipinski definition) is 1. The second kappa shape index (κ2) is 5.32. The lowest BCUT2D eigenvalue weighted by Crippen LogP contribution is -2.24. The number of halogens is 2. The number of aliphatic hydroxyl groups is 1. The minimum absolute atomic E-state index is 0.270. The van der Waals surface area contributed by atoms with Gasteiger partial charge in [0.2, 0.25) is 0 Å². The lowest BCUT2D eigenvalue weighted by molar-refractivity contribution is 0.0576. The van der Waals surface area contributed by atoms with Crippen LogP contribution >= 0.6 is 11.6 Å². The Labute approximate surface area is 117 Å². The van der Waals surface area contributed by atoms with Gasteiger partial charge in [0.15, 0.2) is 0 Å². The van der Waals surface area contributed by atoms with Crippen LogP contribution in [0.5, 0.6) is 0 Å². The highest BCUT2D eigenvalue weighted by molar-refractivity contribution is 6.31. The second-order valence-electron chi connectivity index (χ2n) is 5.05. The average molecular weight is 279 g/mol. The Kier molecular flexibility index (Phi) is 3.93. The maximum Gasteiger partial charge on any atom is 0.123 e. The molecule has 2 rings (SSSR count). The maximum absolute atomic E-state index is 13.2. The van der Waals surface area contributed by atoms with Gasteiger partial charge in [-0.2, -0.15) is 0 Å². The Bertz CT molecular complexity index is 576. The third kappa shape index (κ3) is 3.34. The maximum atomic E-state index is 13.2. The van der Waals surface area contributed by atoms with E-state index in [1.54, 1.807) is 6.92 Å². The van der Waals surface area contributed by atoms with Gasteiger partial charge in [0, 0.05) is 11.4 Å². The van der Waals surface area contributed by atoms with Crippen molar-refractivity contribution in [2.75, 3.05) is 0 Å². The lowest BCUT2D eigenvalue weighted by atomic mass is 9.88. The molecule has 0 aromatic heterocycles. The van der Waals surface area contributed by atoms with Gasteiger partial charge in [0.1, 0.15) is 5.82 Å². The lowest BCUT2D eigenvalue weighted by Gasteiger charge is -2.24. The zero-order chi connectivity index (χ0) is 14.0. The molecule has 2 aromatic rings. The highest BCUT2D eigenvalue weighted by Gasteiger charge is 2.24. The molecule has 0 amide bonds. The normalized spacial score (nSPS) is 14.2. The van der Waals surface area contributed by atoms with Crippen LogP contribution in [0.2, 0.25) is 5.02 Å². The Morgan fingerprint density at radius 1 is 1.16 bits per heavy atom. The summed E-state index contributed by atoms with van der Waals surface area (Å²) in [5.74, 6) is -0.348. The van der Waals surface area contributed by atoms with Gasteiger partial charge in [0.25, 0.3) is 0 Å². The predicted molar refractivity (Wildman–Crippen MR) is 75.9 cm³/mol. The first-order chi connectivity index (χ1) is 8.88. The first kappa shape index (κ1) is 14.0. The van der Waals surface area contributed by atoms with E-state index < -0.39 is 5.60 Å². The van der Waals surface area contributed by atoms with E-state index in [9.17, 15) is 9.50 Å². The van der Waals surface area contributed by atoms with Crippen LogP contribution in [0.3, 0.4) is 0 Å². The van der Waals surface area contributed by atoms with Gasteiger partial charge in [-0.25, -0.2) is 4.39 Å². The monoisotopic (exact) mass is 278 g/mol. The van der Waals surface area contributed by atoms with Crippen LogP contribution in [0.1, 0.15) is 23.6 Å². The van der Waals surface area contributed by atoms with E-state index >= 15 is 0 Å². The van der Waals surface area contributed by atoms with E-state index in [1.807, 2.05) is 31.2 Å². The number of rotatable bonds is 3. The Hall–Kier alpha value is -1.38. The van der Waals surface area contributed by atoms with Crippen molar-refractivity contribution in [2.45, 2.75) is 25.9 Å². The van der Waals surface area contributed by atoms with Crippen molar-refractivity contribution in [3.8, 4) is 0 Å². The summed E-state index contributed by atoms with van der Waals surface area (Å²) >= 11 is 6.04. The Balaban J connectivity index is 2.30. The van der Waals surface area contributed by atoms with Gasteiger partial charge in [-0.05, 0) is 43.2 Å². The molecule has 0 heterocycles. The van der Waals surface area contributed by atoms with Crippen LogP contribution in [0, 0.1) is 12.7 Å². The molecule has 2 aromatic carbocycles. The molecule has 0 bridgehead atoms. The van der Waals surface area contributed by atoms with Gasteiger partial charge in [-0.15, -0.1) is 0 Å². The summed E-state index contributed by atoms with van der Waals surface area (Å²) in [6.45, 7) is 3.70. The van der Waals surface area contributed by atoms with Crippen molar-refractivity contribution < 1.29 is 9.50 Å². The summed E-state index contributed by atoms with van der Waals surface area (Å²) in [6, 6.07) is 11.8. The highest BCUT2D eigenvalue weighted by Crippen LogP contribution is 2.29. The van der Waals surface area contributed by atoms with Crippen LogP contribution in [-0.2, 0) is 12.0 Å².